The Hall–Kier alpha value is -2.88. The minimum Gasteiger partial charge on any atom is -0.466 e. The number of carbonyl (C=O) groups is 3. The molecule has 0 aliphatic heterocycles. The fourth-order valence-corrected chi connectivity index (χ4v) is 3.31. The van der Waals surface area contributed by atoms with Gasteiger partial charge in [0, 0.05) is 12.0 Å². The SMILES string of the molecule is CCOC(=O)CCC(=O)NC(C(=O)Nc1nnc(-c2ccc(F)cc2)s1)C(C)CC. The van der Waals surface area contributed by atoms with Gasteiger partial charge < -0.3 is 10.1 Å². The van der Waals surface area contributed by atoms with Crippen molar-refractivity contribution >= 4 is 34.3 Å². The van der Waals surface area contributed by atoms with E-state index in [0.29, 0.717) is 17.0 Å². The number of nitrogens with zero attached hydrogens (tertiary/aromatic N) is 2. The molecular formula is C20H25FN4O4S. The Bertz CT molecular complexity index is 872. The van der Waals surface area contributed by atoms with Crippen molar-refractivity contribution in [3.05, 3.63) is 30.1 Å². The van der Waals surface area contributed by atoms with E-state index in [9.17, 15) is 18.8 Å². The second kappa shape index (κ2) is 11.3. The van der Waals surface area contributed by atoms with Gasteiger partial charge in [0.15, 0.2) is 0 Å². The van der Waals surface area contributed by atoms with Gasteiger partial charge in [0.2, 0.25) is 16.9 Å². The second-order valence-electron chi connectivity index (χ2n) is 6.64. The van der Waals surface area contributed by atoms with Crippen LogP contribution in [0, 0.1) is 11.7 Å². The molecule has 0 radical (unpaired) electrons. The number of hydrogen-bond donors (Lipinski definition) is 2. The largest absolute Gasteiger partial charge is 0.466 e. The van der Waals surface area contributed by atoms with Gasteiger partial charge in [0.25, 0.3) is 0 Å². The second-order valence-corrected chi connectivity index (χ2v) is 7.62. The lowest BCUT2D eigenvalue weighted by Crippen LogP contribution is -2.47. The average Bonchev–Trinajstić information content (AvgIpc) is 3.19. The van der Waals surface area contributed by atoms with Crippen LogP contribution >= 0.6 is 11.3 Å². The van der Waals surface area contributed by atoms with E-state index < -0.39 is 23.8 Å². The minimum absolute atomic E-state index is 0.0497. The molecule has 0 spiro atoms. The lowest BCUT2D eigenvalue weighted by atomic mass is 9.98. The first-order valence-corrected chi connectivity index (χ1v) is 10.5. The quantitative estimate of drug-likeness (QED) is 0.554. The summed E-state index contributed by atoms with van der Waals surface area (Å²) in [4.78, 5) is 36.4. The summed E-state index contributed by atoms with van der Waals surface area (Å²) < 4.78 is 17.9. The summed E-state index contributed by atoms with van der Waals surface area (Å²) in [5.74, 6) is -1.78. The third kappa shape index (κ3) is 6.87. The maximum atomic E-state index is 13.1. The Morgan fingerprint density at radius 1 is 1.13 bits per heavy atom. The molecule has 2 unspecified atom stereocenters. The zero-order valence-electron chi connectivity index (χ0n) is 17.1. The number of esters is 1. The molecule has 2 amide bonds. The molecule has 8 nitrogen and oxygen atoms in total. The van der Waals surface area contributed by atoms with Gasteiger partial charge in [-0.05, 0) is 37.1 Å². The van der Waals surface area contributed by atoms with Crippen molar-refractivity contribution in [3.8, 4) is 10.6 Å². The summed E-state index contributed by atoms with van der Waals surface area (Å²) in [5.41, 5.74) is 0.681. The highest BCUT2D eigenvalue weighted by atomic mass is 32.1. The third-order valence-corrected chi connectivity index (χ3v) is 5.31. The summed E-state index contributed by atoms with van der Waals surface area (Å²) >= 11 is 1.14. The number of rotatable bonds is 10. The Morgan fingerprint density at radius 2 is 1.83 bits per heavy atom. The highest BCUT2D eigenvalue weighted by Crippen LogP contribution is 2.26. The lowest BCUT2D eigenvalue weighted by Gasteiger charge is -2.22. The molecule has 10 heteroatoms. The topological polar surface area (TPSA) is 110 Å². The fourth-order valence-electron chi connectivity index (χ4n) is 2.56. The molecule has 0 saturated carbocycles. The van der Waals surface area contributed by atoms with E-state index in [4.69, 9.17) is 4.74 Å². The van der Waals surface area contributed by atoms with Crippen LogP contribution in [-0.2, 0) is 19.1 Å². The van der Waals surface area contributed by atoms with E-state index in [1.54, 1.807) is 19.1 Å². The van der Waals surface area contributed by atoms with E-state index in [1.807, 2.05) is 13.8 Å². The number of carbonyl (C=O) groups excluding carboxylic acids is 3. The smallest absolute Gasteiger partial charge is 0.306 e. The summed E-state index contributed by atoms with van der Waals surface area (Å²) in [5, 5.41) is 14.1. The minimum atomic E-state index is -0.789. The predicted molar refractivity (Wildman–Crippen MR) is 111 cm³/mol. The molecule has 162 valence electrons. The Kier molecular flexibility index (Phi) is 8.85. The number of halogens is 1. The molecule has 0 saturated heterocycles. The first-order chi connectivity index (χ1) is 14.3. The van der Waals surface area contributed by atoms with Gasteiger partial charge in [-0.2, -0.15) is 0 Å². The summed E-state index contributed by atoms with van der Waals surface area (Å²) in [6.07, 6.45) is 0.547. The molecule has 0 bridgehead atoms. The molecule has 0 aliphatic carbocycles. The van der Waals surface area contributed by atoms with E-state index >= 15 is 0 Å². The van der Waals surface area contributed by atoms with Gasteiger partial charge in [-0.1, -0.05) is 31.6 Å². The Morgan fingerprint density at radius 3 is 2.47 bits per heavy atom. The normalized spacial score (nSPS) is 12.7. The van der Waals surface area contributed by atoms with E-state index in [-0.39, 0.29) is 36.3 Å². The molecule has 2 N–H and O–H groups in total. The van der Waals surface area contributed by atoms with E-state index in [1.165, 1.54) is 12.1 Å². The number of aromatic nitrogens is 2. The number of anilines is 1. The van der Waals surface area contributed by atoms with Gasteiger partial charge in [-0.3, -0.25) is 19.7 Å². The van der Waals surface area contributed by atoms with Gasteiger partial charge in [-0.25, -0.2) is 4.39 Å². The van der Waals surface area contributed by atoms with Crippen LogP contribution in [0.4, 0.5) is 9.52 Å². The van der Waals surface area contributed by atoms with Gasteiger partial charge in [0.1, 0.15) is 16.9 Å². The van der Waals surface area contributed by atoms with Crippen LogP contribution in [0.5, 0.6) is 0 Å². The van der Waals surface area contributed by atoms with Crippen molar-refractivity contribution in [1.29, 1.82) is 0 Å². The molecular weight excluding hydrogens is 411 g/mol. The maximum absolute atomic E-state index is 13.1. The number of ether oxygens (including phenoxy) is 1. The van der Waals surface area contributed by atoms with Crippen molar-refractivity contribution in [1.82, 2.24) is 15.5 Å². The van der Waals surface area contributed by atoms with Gasteiger partial charge in [0.05, 0.1) is 13.0 Å². The maximum Gasteiger partial charge on any atom is 0.306 e. The molecule has 1 aromatic heterocycles. The highest BCUT2D eigenvalue weighted by Gasteiger charge is 2.27. The monoisotopic (exact) mass is 436 g/mol. The molecule has 2 atom stereocenters. The summed E-state index contributed by atoms with van der Waals surface area (Å²) in [7, 11) is 0. The molecule has 30 heavy (non-hydrogen) atoms. The average molecular weight is 437 g/mol. The predicted octanol–water partition coefficient (Wildman–Crippen LogP) is 3.16. The molecule has 0 fully saturated rings. The van der Waals surface area contributed by atoms with Crippen LogP contribution in [0.3, 0.4) is 0 Å². The zero-order valence-corrected chi connectivity index (χ0v) is 17.9. The van der Waals surface area contributed by atoms with Crippen molar-refractivity contribution in [3.63, 3.8) is 0 Å². The van der Waals surface area contributed by atoms with Crippen LogP contribution in [0.25, 0.3) is 10.6 Å². The van der Waals surface area contributed by atoms with Gasteiger partial charge in [-0.15, -0.1) is 10.2 Å². The number of amides is 2. The molecule has 0 aliphatic rings. The molecule has 2 rings (SSSR count). The van der Waals surface area contributed by atoms with Crippen molar-refractivity contribution in [2.75, 3.05) is 11.9 Å². The third-order valence-electron chi connectivity index (χ3n) is 4.42. The molecule has 1 heterocycles. The van der Waals surface area contributed by atoms with Gasteiger partial charge >= 0.3 is 5.97 Å². The summed E-state index contributed by atoms with van der Waals surface area (Å²) in [6, 6.07) is 5.00. The van der Waals surface area contributed by atoms with E-state index in [2.05, 4.69) is 20.8 Å². The first kappa shape index (κ1) is 23.4. The first-order valence-electron chi connectivity index (χ1n) is 9.69. The van der Waals surface area contributed by atoms with Crippen LogP contribution in [0.15, 0.2) is 24.3 Å². The van der Waals surface area contributed by atoms with Crippen LogP contribution in [0.1, 0.15) is 40.0 Å². The standard InChI is InChI=1S/C20H25FN4O4S/c1-4-12(3)17(22-15(26)10-11-16(27)29-5-2)18(28)23-20-25-24-19(30-20)13-6-8-14(21)9-7-13/h6-9,12,17H,4-5,10-11H2,1-3H3,(H,22,26)(H,23,25,28). The van der Waals surface area contributed by atoms with Crippen LogP contribution < -0.4 is 10.6 Å². The Labute approximate surface area is 178 Å². The number of hydrogen-bond acceptors (Lipinski definition) is 7. The molecule has 1 aromatic carbocycles. The lowest BCUT2D eigenvalue weighted by molar-refractivity contribution is -0.144. The van der Waals surface area contributed by atoms with Crippen molar-refractivity contribution in [2.45, 2.75) is 46.1 Å². The summed E-state index contributed by atoms with van der Waals surface area (Å²) in [6.45, 7) is 5.70. The number of nitrogens with one attached hydrogen (secondary N) is 2. The highest BCUT2D eigenvalue weighted by molar-refractivity contribution is 7.18. The fraction of sp³-hybridized carbons (Fsp3) is 0.450. The molecule has 2 aromatic rings. The Balaban J connectivity index is 2.00. The van der Waals surface area contributed by atoms with Crippen LogP contribution in [0.2, 0.25) is 0 Å². The zero-order chi connectivity index (χ0) is 22.1. The number of benzene rings is 1. The van der Waals surface area contributed by atoms with Crippen molar-refractivity contribution in [2.24, 2.45) is 5.92 Å². The van der Waals surface area contributed by atoms with Crippen LogP contribution in [-0.4, -0.2) is 40.6 Å². The van der Waals surface area contributed by atoms with Crippen molar-refractivity contribution < 1.29 is 23.5 Å². The van der Waals surface area contributed by atoms with E-state index in [0.717, 1.165) is 11.3 Å².